The number of benzene rings is 2. The van der Waals surface area contributed by atoms with Gasteiger partial charge in [-0.15, -0.1) is 10.2 Å². The molecule has 1 aromatic heterocycles. The van der Waals surface area contributed by atoms with Gasteiger partial charge in [0, 0.05) is 17.7 Å². The van der Waals surface area contributed by atoms with Crippen molar-refractivity contribution in [1.29, 1.82) is 0 Å². The molecule has 1 N–H and O–H groups in total. The molecule has 34 heavy (non-hydrogen) atoms. The Morgan fingerprint density at radius 3 is 2.47 bits per heavy atom. The molecule has 0 aliphatic heterocycles. The van der Waals surface area contributed by atoms with Gasteiger partial charge in [0.25, 0.3) is 5.69 Å². The number of carbonyl (C=O) groups excluding carboxylic acids is 1. The van der Waals surface area contributed by atoms with E-state index in [-0.39, 0.29) is 22.9 Å². The van der Waals surface area contributed by atoms with Crippen LogP contribution in [0.2, 0.25) is 0 Å². The zero-order valence-corrected chi connectivity index (χ0v) is 20.5. The Morgan fingerprint density at radius 2 is 1.91 bits per heavy atom. The van der Waals surface area contributed by atoms with Crippen LogP contribution >= 0.6 is 11.3 Å². The number of methoxy groups -OCH3 is 1. The van der Waals surface area contributed by atoms with Gasteiger partial charge < -0.3 is 4.74 Å². The third-order valence-electron chi connectivity index (χ3n) is 4.96. The first-order chi connectivity index (χ1) is 16.0. The van der Waals surface area contributed by atoms with Crippen LogP contribution in [0.1, 0.15) is 18.9 Å². The van der Waals surface area contributed by atoms with Crippen LogP contribution in [-0.2, 0) is 14.8 Å². The summed E-state index contributed by atoms with van der Waals surface area (Å²) >= 11 is 1.13. The minimum absolute atomic E-state index is 0.0647. The van der Waals surface area contributed by atoms with Crippen molar-refractivity contribution >= 4 is 43.8 Å². The zero-order valence-electron chi connectivity index (χ0n) is 18.9. The van der Waals surface area contributed by atoms with Crippen LogP contribution in [0, 0.1) is 17.0 Å². The number of anilines is 2. The molecule has 0 radical (unpaired) electrons. The molecular weight excluding hydrogens is 482 g/mol. The predicted molar refractivity (Wildman–Crippen MR) is 130 cm³/mol. The van der Waals surface area contributed by atoms with E-state index in [1.54, 1.807) is 45.2 Å². The lowest BCUT2D eigenvalue weighted by Crippen LogP contribution is -2.47. The molecule has 13 heteroatoms. The first kappa shape index (κ1) is 25.1. The second kappa shape index (κ2) is 10.1. The third-order valence-corrected chi connectivity index (χ3v) is 7.02. The molecule has 0 aliphatic rings. The van der Waals surface area contributed by atoms with E-state index in [1.165, 1.54) is 12.1 Å². The van der Waals surface area contributed by atoms with Crippen LogP contribution in [0.4, 0.5) is 16.5 Å². The van der Waals surface area contributed by atoms with Crippen molar-refractivity contribution in [3.8, 4) is 16.3 Å². The van der Waals surface area contributed by atoms with Crippen molar-refractivity contribution in [1.82, 2.24) is 10.2 Å². The number of amides is 1. The van der Waals surface area contributed by atoms with Crippen molar-refractivity contribution in [3.05, 3.63) is 58.1 Å². The fourth-order valence-electron chi connectivity index (χ4n) is 3.30. The maximum absolute atomic E-state index is 13.1. The van der Waals surface area contributed by atoms with Gasteiger partial charge in [0.15, 0.2) is 0 Å². The van der Waals surface area contributed by atoms with Gasteiger partial charge in [0.2, 0.25) is 21.1 Å². The van der Waals surface area contributed by atoms with Crippen LogP contribution in [0.5, 0.6) is 5.75 Å². The molecule has 3 rings (SSSR count). The van der Waals surface area contributed by atoms with Crippen molar-refractivity contribution in [2.75, 3.05) is 23.0 Å². The summed E-state index contributed by atoms with van der Waals surface area (Å²) in [6, 6.07) is 9.86. The van der Waals surface area contributed by atoms with E-state index in [9.17, 15) is 23.3 Å². The number of rotatable bonds is 9. The van der Waals surface area contributed by atoms with Crippen molar-refractivity contribution in [2.45, 2.75) is 26.3 Å². The molecule has 0 aliphatic carbocycles. The first-order valence-electron chi connectivity index (χ1n) is 10.1. The Bertz CT molecular complexity index is 1310. The number of carbonyl (C=O) groups is 1. The fourth-order valence-corrected chi connectivity index (χ4v) is 5.31. The first-order valence-corrected chi connectivity index (χ1v) is 12.7. The molecule has 1 atom stereocenters. The monoisotopic (exact) mass is 505 g/mol. The third kappa shape index (κ3) is 5.48. The second-order valence-corrected chi connectivity index (χ2v) is 10.2. The number of nitrogens with one attached hydrogen (secondary N) is 1. The summed E-state index contributed by atoms with van der Waals surface area (Å²) in [6.07, 6.45) is 1.07. The molecule has 1 amide bonds. The summed E-state index contributed by atoms with van der Waals surface area (Å²) < 4.78 is 31.5. The number of hydrogen-bond donors (Lipinski definition) is 1. The Labute approximate surface area is 200 Å². The lowest BCUT2D eigenvalue weighted by molar-refractivity contribution is -0.384. The fraction of sp³-hybridized carbons (Fsp3) is 0.286. The number of hydrogen-bond acceptors (Lipinski definition) is 9. The van der Waals surface area contributed by atoms with E-state index in [1.807, 2.05) is 0 Å². The number of nitro benzene ring substituents is 1. The van der Waals surface area contributed by atoms with E-state index >= 15 is 0 Å². The Kier molecular flexibility index (Phi) is 7.47. The Balaban J connectivity index is 1.90. The highest BCUT2D eigenvalue weighted by atomic mass is 32.2. The van der Waals surface area contributed by atoms with Gasteiger partial charge in [-0.1, -0.05) is 24.3 Å². The molecule has 3 aromatic rings. The number of sulfonamides is 1. The maximum atomic E-state index is 13.1. The average Bonchev–Trinajstić information content (AvgIpc) is 3.25. The van der Waals surface area contributed by atoms with Gasteiger partial charge in [-0.2, -0.15) is 0 Å². The molecule has 0 bridgehead atoms. The molecular formula is C21H23N5O6S2. The number of nitro groups is 1. The molecule has 0 fully saturated rings. The zero-order chi connectivity index (χ0) is 25.0. The summed E-state index contributed by atoms with van der Waals surface area (Å²) in [5, 5.41) is 22.7. The highest BCUT2D eigenvalue weighted by Gasteiger charge is 2.33. The quantitative estimate of drug-likeness (QED) is 0.343. The number of non-ortho nitro benzene ring substituents is 1. The molecule has 180 valence electrons. The van der Waals surface area contributed by atoms with Crippen LogP contribution in [-0.4, -0.2) is 48.9 Å². The van der Waals surface area contributed by atoms with E-state index in [0.717, 1.165) is 33.5 Å². The van der Waals surface area contributed by atoms with Gasteiger partial charge in [0.1, 0.15) is 16.8 Å². The number of nitrogens with zero attached hydrogens (tertiary/aromatic N) is 4. The number of ether oxygens (including phenoxy) is 1. The second-order valence-electron chi connectivity index (χ2n) is 7.34. The van der Waals surface area contributed by atoms with E-state index in [4.69, 9.17) is 4.74 Å². The minimum Gasteiger partial charge on any atom is -0.497 e. The van der Waals surface area contributed by atoms with Gasteiger partial charge in [0.05, 0.1) is 24.0 Å². The largest absolute Gasteiger partial charge is 0.497 e. The smallest absolute Gasteiger partial charge is 0.271 e. The molecule has 2 aromatic carbocycles. The maximum Gasteiger partial charge on any atom is 0.271 e. The van der Waals surface area contributed by atoms with Crippen molar-refractivity contribution < 1.29 is 22.9 Å². The van der Waals surface area contributed by atoms with Gasteiger partial charge in [-0.05, 0) is 43.2 Å². The number of aromatic nitrogens is 2. The van der Waals surface area contributed by atoms with E-state index in [2.05, 4.69) is 15.5 Å². The summed E-state index contributed by atoms with van der Waals surface area (Å²) in [4.78, 5) is 23.8. The normalized spacial score (nSPS) is 12.1. The van der Waals surface area contributed by atoms with E-state index in [0.29, 0.717) is 16.3 Å². The van der Waals surface area contributed by atoms with Gasteiger partial charge >= 0.3 is 0 Å². The Morgan fingerprint density at radius 1 is 1.24 bits per heavy atom. The predicted octanol–water partition coefficient (Wildman–Crippen LogP) is 3.61. The summed E-state index contributed by atoms with van der Waals surface area (Å²) in [7, 11) is -2.41. The molecule has 0 saturated heterocycles. The van der Waals surface area contributed by atoms with Gasteiger partial charge in [-0.25, -0.2) is 8.42 Å². The minimum atomic E-state index is -3.97. The molecule has 0 saturated carbocycles. The Hall–Kier alpha value is -3.58. The van der Waals surface area contributed by atoms with Crippen LogP contribution in [0.3, 0.4) is 0 Å². The molecule has 11 nitrogen and oxygen atoms in total. The summed E-state index contributed by atoms with van der Waals surface area (Å²) in [5.41, 5.74) is 1.03. The number of aryl methyl sites for hydroxylation is 1. The molecule has 1 heterocycles. The molecule has 0 spiro atoms. The van der Waals surface area contributed by atoms with E-state index < -0.39 is 26.9 Å². The van der Waals surface area contributed by atoms with Crippen molar-refractivity contribution in [2.24, 2.45) is 0 Å². The lowest BCUT2D eigenvalue weighted by atomic mass is 10.1. The van der Waals surface area contributed by atoms with Crippen LogP contribution < -0.4 is 14.4 Å². The highest BCUT2D eigenvalue weighted by Crippen LogP contribution is 2.32. The standard InChI is InChI=1S/C21H23N5O6S2/c1-5-17(25(34(4,30)31)18-12-15(26(28)29)9-6-13(18)2)19(27)22-21-24-23-20(33-21)14-7-10-16(32-3)11-8-14/h6-12,17H,5H2,1-4H3,(H,22,24,27)/t17-/m0/s1. The van der Waals surface area contributed by atoms with Crippen molar-refractivity contribution in [3.63, 3.8) is 0 Å². The highest BCUT2D eigenvalue weighted by molar-refractivity contribution is 7.92. The van der Waals surface area contributed by atoms with Gasteiger partial charge in [-0.3, -0.25) is 24.5 Å². The SMILES string of the molecule is CC[C@@H](C(=O)Nc1nnc(-c2ccc(OC)cc2)s1)N(c1cc([N+](=O)[O-])ccc1C)S(C)(=O)=O. The topological polar surface area (TPSA) is 145 Å². The lowest BCUT2D eigenvalue weighted by Gasteiger charge is -2.30. The summed E-state index contributed by atoms with van der Waals surface area (Å²) in [5.74, 6) is 0.0566. The summed E-state index contributed by atoms with van der Waals surface area (Å²) in [6.45, 7) is 3.27. The molecule has 0 unspecified atom stereocenters. The van der Waals surface area contributed by atoms with Crippen LogP contribution in [0.25, 0.3) is 10.6 Å². The average molecular weight is 506 g/mol. The van der Waals surface area contributed by atoms with Crippen LogP contribution in [0.15, 0.2) is 42.5 Å².